The molecule has 0 saturated heterocycles. The predicted molar refractivity (Wildman–Crippen MR) is 79.7 cm³/mol. The van der Waals surface area contributed by atoms with E-state index in [0.717, 1.165) is 6.07 Å². The lowest BCUT2D eigenvalue weighted by Gasteiger charge is -2.11. The molecule has 0 unspecified atom stereocenters. The number of methoxy groups -OCH3 is 1. The summed E-state index contributed by atoms with van der Waals surface area (Å²) in [6.45, 7) is 3.01. The Morgan fingerprint density at radius 3 is 2.57 bits per heavy atom. The fourth-order valence-corrected chi connectivity index (χ4v) is 1.53. The molecule has 8 heteroatoms. The zero-order valence-corrected chi connectivity index (χ0v) is 13.1. The number of ether oxygens (including phenoxy) is 2. The van der Waals surface area contributed by atoms with Gasteiger partial charge in [-0.2, -0.15) is 0 Å². The molecule has 0 aliphatic rings. The average molecular weight is 326 g/mol. The maximum absolute atomic E-state index is 13.5. The van der Waals surface area contributed by atoms with E-state index in [9.17, 15) is 18.8 Å². The van der Waals surface area contributed by atoms with Gasteiger partial charge >= 0.3 is 12.0 Å². The number of benzene rings is 1. The third-order valence-electron chi connectivity index (χ3n) is 2.96. The molecule has 1 rings (SSSR count). The van der Waals surface area contributed by atoms with Crippen LogP contribution >= 0.6 is 0 Å². The van der Waals surface area contributed by atoms with Crippen molar-refractivity contribution in [3.05, 3.63) is 29.6 Å². The second-order valence-electron chi connectivity index (χ2n) is 4.76. The van der Waals surface area contributed by atoms with Crippen LogP contribution in [0.25, 0.3) is 0 Å². The normalized spacial score (nSPS) is 11.3. The fourth-order valence-electron chi connectivity index (χ4n) is 1.53. The summed E-state index contributed by atoms with van der Waals surface area (Å²) in [5.74, 6) is -2.41. The number of nitrogens with one attached hydrogen (secondary N) is 2. The SMILES string of the molecule is CC[C@@H](C)NC(=O)NC(=O)COC(=O)c1ccc(OC)c(F)c1. The maximum Gasteiger partial charge on any atom is 0.338 e. The standard InChI is InChI=1S/C15H19FN2O5/c1-4-9(2)17-15(21)18-13(19)8-23-14(20)10-5-6-12(22-3)11(16)7-10/h5-7,9H,4,8H2,1-3H3,(H2,17,18,19,21)/t9-/m1/s1. The topological polar surface area (TPSA) is 93.7 Å². The van der Waals surface area contributed by atoms with Crippen molar-refractivity contribution in [2.75, 3.05) is 13.7 Å². The van der Waals surface area contributed by atoms with Gasteiger partial charge in [0.15, 0.2) is 18.2 Å². The molecule has 0 radical (unpaired) electrons. The highest BCUT2D eigenvalue weighted by Gasteiger charge is 2.15. The minimum atomic E-state index is -0.885. The highest BCUT2D eigenvalue weighted by molar-refractivity contribution is 5.97. The van der Waals surface area contributed by atoms with Crippen LogP contribution in [0, 0.1) is 5.82 Å². The number of carbonyl (C=O) groups is 3. The van der Waals surface area contributed by atoms with Crippen molar-refractivity contribution < 1.29 is 28.2 Å². The second-order valence-corrected chi connectivity index (χ2v) is 4.76. The number of hydrogen-bond acceptors (Lipinski definition) is 5. The Bertz CT molecular complexity index is 591. The minimum absolute atomic E-state index is 0.0130. The first-order chi connectivity index (χ1) is 10.9. The molecule has 1 aromatic carbocycles. The van der Waals surface area contributed by atoms with Gasteiger partial charge in [0.1, 0.15) is 0 Å². The molecule has 0 heterocycles. The molecule has 23 heavy (non-hydrogen) atoms. The highest BCUT2D eigenvalue weighted by atomic mass is 19.1. The quantitative estimate of drug-likeness (QED) is 0.775. The van der Waals surface area contributed by atoms with E-state index in [4.69, 9.17) is 9.47 Å². The molecular weight excluding hydrogens is 307 g/mol. The molecule has 2 N–H and O–H groups in total. The predicted octanol–water partition coefficient (Wildman–Crippen LogP) is 1.62. The molecule has 1 atom stereocenters. The zero-order chi connectivity index (χ0) is 17.4. The number of carbonyl (C=O) groups excluding carboxylic acids is 3. The molecular formula is C15H19FN2O5. The Morgan fingerprint density at radius 2 is 2.00 bits per heavy atom. The van der Waals surface area contributed by atoms with Gasteiger partial charge in [-0.15, -0.1) is 0 Å². The van der Waals surface area contributed by atoms with Gasteiger partial charge in [-0.3, -0.25) is 10.1 Å². The van der Waals surface area contributed by atoms with Gasteiger partial charge < -0.3 is 14.8 Å². The summed E-state index contributed by atoms with van der Waals surface area (Å²) in [6.07, 6.45) is 0.708. The van der Waals surface area contributed by atoms with Crippen molar-refractivity contribution in [3.8, 4) is 5.75 Å². The van der Waals surface area contributed by atoms with E-state index in [-0.39, 0.29) is 17.4 Å². The van der Waals surface area contributed by atoms with Crippen LogP contribution < -0.4 is 15.4 Å². The highest BCUT2D eigenvalue weighted by Crippen LogP contribution is 2.18. The average Bonchev–Trinajstić information content (AvgIpc) is 2.52. The molecule has 0 bridgehead atoms. The molecule has 0 aliphatic carbocycles. The van der Waals surface area contributed by atoms with Gasteiger partial charge in [-0.25, -0.2) is 14.0 Å². The smallest absolute Gasteiger partial charge is 0.338 e. The van der Waals surface area contributed by atoms with E-state index in [1.54, 1.807) is 6.92 Å². The number of amides is 3. The Balaban J connectivity index is 2.48. The van der Waals surface area contributed by atoms with Gasteiger partial charge in [-0.1, -0.05) is 6.92 Å². The lowest BCUT2D eigenvalue weighted by molar-refractivity contribution is -0.123. The van der Waals surface area contributed by atoms with Crippen molar-refractivity contribution in [2.24, 2.45) is 0 Å². The summed E-state index contributed by atoms with van der Waals surface area (Å²) in [5.41, 5.74) is -0.0693. The lowest BCUT2D eigenvalue weighted by atomic mass is 10.2. The molecule has 7 nitrogen and oxygen atoms in total. The van der Waals surface area contributed by atoms with E-state index in [2.05, 4.69) is 5.32 Å². The van der Waals surface area contributed by atoms with Crippen LogP contribution in [0.15, 0.2) is 18.2 Å². The Kier molecular flexibility index (Phi) is 6.98. The zero-order valence-electron chi connectivity index (χ0n) is 13.1. The van der Waals surface area contributed by atoms with Crippen LogP contribution in [-0.4, -0.2) is 37.7 Å². The number of halogens is 1. The minimum Gasteiger partial charge on any atom is -0.494 e. The summed E-state index contributed by atoms with van der Waals surface area (Å²) in [5, 5.41) is 4.55. The van der Waals surface area contributed by atoms with Gasteiger partial charge in [-0.05, 0) is 31.5 Å². The first-order valence-corrected chi connectivity index (χ1v) is 6.98. The molecule has 0 aliphatic heterocycles. The Labute approximate surface area is 133 Å². The van der Waals surface area contributed by atoms with Crippen LogP contribution in [0.4, 0.5) is 9.18 Å². The first kappa shape index (κ1) is 18.4. The second kappa shape index (κ2) is 8.72. The number of rotatable bonds is 6. The van der Waals surface area contributed by atoms with Crippen LogP contribution in [0.5, 0.6) is 5.75 Å². The molecule has 0 spiro atoms. The van der Waals surface area contributed by atoms with Crippen molar-refractivity contribution in [2.45, 2.75) is 26.3 Å². The number of esters is 1. The number of hydrogen-bond donors (Lipinski definition) is 2. The van der Waals surface area contributed by atoms with Crippen LogP contribution in [-0.2, 0) is 9.53 Å². The van der Waals surface area contributed by atoms with Crippen LogP contribution in [0.2, 0.25) is 0 Å². The monoisotopic (exact) mass is 326 g/mol. The number of urea groups is 1. The summed E-state index contributed by atoms with van der Waals surface area (Å²) in [6, 6.07) is 2.75. The molecule has 0 saturated carbocycles. The summed E-state index contributed by atoms with van der Waals surface area (Å²) >= 11 is 0. The molecule has 126 valence electrons. The van der Waals surface area contributed by atoms with E-state index in [1.165, 1.54) is 19.2 Å². The van der Waals surface area contributed by atoms with Crippen molar-refractivity contribution in [1.29, 1.82) is 0 Å². The van der Waals surface area contributed by atoms with Crippen molar-refractivity contribution >= 4 is 17.9 Å². The van der Waals surface area contributed by atoms with E-state index < -0.39 is 30.3 Å². The van der Waals surface area contributed by atoms with Gasteiger partial charge in [0.2, 0.25) is 0 Å². The molecule has 3 amide bonds. The van der Waals surface area contributed by atoms with Gasteiger partial charge in [0, 0.05) is 6.04 Å². The third-order valence-corrected chi connectivity index (χ3v) is 2.96. The maximum atomic E-state index is 13.5. The first-order valence-electron chi connectivity index (χ1n) is 6.98. The Hall–Kier alpha value is -2.64. The lowest BCUT2D eigenvalue weighted by Crippen LogP contribution is -2.44. The van der Waals surface area contributed by atoms with Crippen molar-refractivity contribution in [1.82, 2.24) is 10.6 Å². The van der Waals surface area contributed by atoms with E-state index >= 15 is 0 Å². The van der Waals surface area contributed by atoms with Crippen molar-refractivity contribution in [3.63, 3.8) is 0 Å². The molecule has 0 fully saturated rings. The largest absolute Gasteiger partial charge is 0.494 e. The van der Waals surface area contributed by atoms with Crippen LogP contribution in [0.1, 0.15) is 30.6 Å². The summed E-state index contributed by atoms with van der Waals surface area (Å²) < 4.78 is 22.9. The fraction of sp³-hybridized carbons (Fsp3) is 0.400. The Morgan fingerprint density at radius 1 is 1.30 bits per heavy atom. The van der Waals surface area contributed by atoms with Gasteiger partial charge in [0.05, 0.1) is 12.7 Å². The molecule has 1 aromatic rings. The van der Waals surface area contributed by atoms with Gasteiger partial charge in [0.25, 0.3) is 5.91 Å². The van der Waals surface area contributed by atoms with Crippen LogP contribution in [0.3, 0.4) is 0 Å². The number of imide groups is 1. The summed E-state index contributed by atoms with van der Waals surface area (Å²) in [7, 11) is 1.30. The molecule has 0 aromatic heterocycles. The van der Waals surface area contributed by atoms with E-state index in [1.807, 2.05) is 12.2 Å². The third kappa shape index (κ3) is 5.93. The van der Waals surface area contributed by atoms with E-state index in [0.29, 0.717) is 6.42 Å². The summed E-state index contributed by atoms with van der Waals surface area (Å²) in [4.78, 5) is 34.6.